The molecule has 5 rings (SSSR count). The summed E-state index contributed by atoms with van der Waals surface area (Å²) < 4.78 is 63.6. The molecule has 1 fully saturated rings. The number of carbonyl (C=O) groups excluding carboxylic acids is 2. The Morgan fingerprint density at radius 1 is 1.26 bits per heavy atom. The molecule has 3 unspecified atom stereocenters. The number of hydrogen-bond donors (Lipinski definition) is 3. The van der Waals surface area contributed by atoms with E-state index in [1.807, 2.05) is 0 Å². The fraction of sp³-hybridized carbons (Fsp3) is 0.276. The SMILES string of the molecule is C=C(F)C(=O)NC1(c2ccc3onc(N)c3c2-c2ccc(C(=O)NCC(C)(F)F)c(OC)c2)C=CC=C2OC(C)OC21. The first-order chi connectivity index (χ1) is 19.8. The van der Waals surface area contributed by atoms with Crippen LogP contribution in [0.5, 0.6) is 5.75 Å². The van der Waals surface area contributed by atoms with Gasteiger partial charge in [-0.05, 0) is 42.3 Å². The molecule has 1 saturated heterocycles. The number of nitrogen functional groups attached to an aromatic ring is 1. The summed E-state index contributed by atoms with van der Waals surface area (Å²) in [5.74, 6) is -5.76. The van der Waals surface area contributed by atoms with E-state index in [1.54, 1.807) is 43.4 Å². The predicted molar refractivity (Wildman–Crippen MR) is 146 cm³/mol. The number of ether oxygens (including phenoxy) is 3. The Kier molecular flexibility index (Phi) is 7.23. The number of fused-ring (bicyclic) bond motifs is 2. The van der Waals surface area contributed by atoms with Crippen molar-refractivity contribution < 1.29 is 41.5 Å². The quantitative estimate of drug-likeness (QED) is 0.330. The molecular formula is C29H27F3N4O6. The fourth-order valence-electron chi connectivity index (χ4n) is 5.11. The Morgan fingerprint density at radius 3 is 2.71 bits per heavy atom. The van der Waals surface area contributed by atoms with Gasteiger partial charge < -0.3 is 35.1 Å². The smallest absolute Gasteiger partial charge is 0.280 e. The van der Waals surface area contributed by atoms with Crippen LogP contribution in [-0.2, 0) is 19.8 Å². The topological polar surface area (TPSA) is 138 Å². The second kappa shape index (κ2) is 10.6. The number of halogens is 3. The minimum Gasteiger partial charge on any atom is -0.496 e. The van der Waals surface area contributed by atoms with Crippen LogP contribution in [0.15, 0.2) is 71.2 Å². The van der Waals surface area contributed by atoms with E-state index in [9.17, 15) is 22.8 Å². The van der Waals surface area contributed by atoms with E-state index in [0.29, 0.717) is 40.3 Å². The van der Waals surface area contributed by atoms with Crippen molar-refractivity contribution in [3.05, 3.63) is 77.9 Å². The third-order valence-electron chi connectivity index (χ3n) is 6.89. The van der Waals surface area contributed by atoms with E-state index in [4.69, 9.17) is 24.5 Å². The minimum atomic E-state index is -3.12. The Bertz CT molecular complexity index is 1660. The maximum absolute atomic E-state index is 14.1. The number of nitrogens with two attached hydrogens (primary N) is 1. The zero-order valence-electron chi connectivity index (χ0n) is 22.8. The van der Waals surface area contributed by atoms with Crippen LogP contribution in [0.2, 0.25) is 0 Å². The van der Waals surface area contributed by atoms with Crippen molar-refractivity contribution in [2.24, 2.45) is 0 Å². The molecular weight excluding hydrogens is 557 g/mol. The van der Waals surface area contributed by atoms with Crippen molar-refractivity contribution in [3.63, 3.8) is 0 Å². The highest BCUT2D eigenvalue weighted by Crippen LogP contribution is 2.48. The van der Waals surface area contributed by atoms with Gasteiger partial charge in [-0.3, -0.25) is 9.59 Å². The number of hydrogen-bond acceptors (Lipinski definition) is 8. The molecule has 3 aromatic rings. The molecule has 1 aliphatic heterocycles. The van der Waals surface area contributed by atoms with Crippen molar-refractivity contribution in [2.75, 3.05) is 19.4 Å². The number of allylic oxidation sites excluding steroid dienone is 2. The molecule has 220 valence electrons. The summed E-state index contributed by atoms with van der Waals surface area (Å²) in [5.41, 5.74) is 6.17. The molecule has 3 atom stereocenters. The second-order valence-electron chi connectivity index (χ2n) is 9.95. The lowest BCUT2D eigenvalue weighted by Gasteiger charge is -2.39. The molecule has 2 amide bonds. The lowest BCUT2D eigenvalue weighted by molar-refractivity contribution is -0.122. The Labute approximate surface area is 237 Å². The number of aromatic nitrogens is 1. The first-order valence-corrected chi connectivity index (χ1v) is 12.8. The van der Waals surface area contributed by atoms with Gasteiger partial charge in [-0.1, -0.05) is 36.0 Å². The first kappa shape index (κ1) is 28.7. The monoisotopic (exact) mass is 584 g/mol. The number of rotatable bonds is 8. The van der Waals surface area contributed by atoms with Gasteiger partial charge in [0.1, 0.15) is 23.2 Å². The zero-order chi connectivity index (χ0) is 30.4. The van der Waals surface area contributed by atoms with E-state index < -0.39 is 48.0 Å². The maximum atomic E-state index is 14.1. The van der Waals surface area contributed by atoms with Gasteiger partial charge in [0.15, 0.2) is 23.5 Å². The number of methoxy groups -OCH3 is 1. The van der Waals surface area contributed by atoms with Gasteiger partial charge >= 0.3 is 0 Å². The van der Waals surface area contributed by atoms with Crippen molar-refractivity contribution in [1.82, 2.24) is 15.8 Å². The summed E-state index contributed by atoms with van der Waals surface area (Å²) in [4.78, 5) is 25.6. The largest absolute Gasteiger partial charge is 0.496 e. The van der Waals surface area contributed by atoms with Crippen molar-refractivity contribution in [3.8, 4) is 16.9 Å². The van der Waals surface area contributed by atoms with Gasteiger partial charge in [-0.25, -0.2) is 13.2 Å². The number of nitrogens with one attached hydrogen (secondary N) is 2. The predicted octanol–water partition coefficient (Wildman–Crippen LogP) is 4.48. The summed E-state index contributed by atoms with van der Waals surface area (Å²) in [5, 5.41) is 9.13. The maximum Gasteiger partial charge on any atom is 0.280 e. The average Bonchev–Trinajstić information content (AvgIpc) is 3.52. The van der Waals surface area contributed by atoms with Gasteiger partial charge in [0, 0.05) is 12.5 Å². The van der Waals surface area contributed by atoms with Crippen LogP contribution in [0.25, 0.3) is 22.1 Å². The standard InChI is InChI=1S/C29H27F3N4O6/c1-14(30)26(37)35-29(11-5-6-20-24(29)41-15(2)40-20)18-9-10-19-23(25(33)36-42-19)22(18)16-7-8-17(21(12-16)39-4)27(38)34-13-28(3,31)32/h5-12,15,24H,1,13H2,2-4H3,(H2,33,36)(H,34,38)(H,35,37). The molecule has 1 aliphatic carbocycles. The van der Waals surface area contributed by atoms with Crippen LogP contribution < -0.4 is 21.1 Å². The van der Waals surface area contributed by atoms with Crippen LogP contribution in [-0.4, -0.2) is 48.9 Å². The molecule has 0 bridgehead atoms. The van der Waals surface area contributed by atoms with Gasteiger partial charge in [0.25, 0.3) is 17.7 Å². The molecule has 13 heteroatoms. The molecule has 2 aromatic carbocycles. The molecule has 4 N–H and O–H groups in total. The van der Waals surface area contributed by atoms with Crippen molar-refractivity contribution >= 4 is 28.6 Å². The number of carbonyl (C=O) groups is 2. The van der Waals surface area contributed by atoms with Crippen molar-refractivity contribution in [1.29, 1.82) is 0 Å². The van der Waals surface area contributed by atoms with Gasteiger partial charge in [-0.15, -0.1) is 0 Å². The normalized spacial score (nSPS) is 21.3. The van der Waals surface area contributed by atoms with Crippen LogP contribution in [0.3, 0.4) is 0 Å². The minimum absolute atomic E-state index is 0.00149. The fourth-order valence-corrected chi connectivity index (χ4v) is 5.11. The molecule has 1 aromatic heterocycles. The number of alkyl halides is 2. The molecule has 42 heavy (non-hydrogen) atoms. The van der Waals surface area contributed by atoms with E-state index in [1.165, 1.54) is 19.2 Å². The molecule has 0 radical (unpaired) electrons. The summed E-state index contributed by atoms with van der Waals surface area (Å²) >= 11 is 0. The molecule has 0 saturated carbocycles. The lowest BCUT2D eigenvalue weighted by Crippen LogP contribution is -2.54. The third kappa shape index (κ3) is 5.07. The summed E-state index contributed by atoms with van der Waals surface area (Å²) in [6.07, 6.45) is 3.32. The number of amides is 2. The Balaban J connectivity index is 1.73. The number of benzene rings is 2. The van der Waals surface area contributed by atoms with Gasteiger partial charge in [0.05, 0.1) is 24.6 Å². The molecule has 2 heterocycles. The molecule has 0 spiro atoms. The van der Waals surface area contributed by atoms with Crippen LogP contribution >= 0.6 is 0 Å². The summed E-state index contributed by atoms with van der Waals surface area (Å²) in [6, 6.07) is 7.68. The van der Waals surface area contributed by atoms with Gasteiger partial charge in [-0.2, -0.15) is 0 Å². The van der Waals surface area contributed by atoms with E-state index >= 15 is 0 Å². The lowest BCUT2D eigenvalue weighted by atomic mass is 9.76. The summed E-state index contributed by atoms with van der Waals surface area (Å²) in [6.45, 7) is 4.61. The van der Waals surface area contributed by atoms with Crippen LogP contribution in [0.4, 0.5) is 19.0 Å². The second-order valence-corrected chi connectivity index (χ2v) is 9.95. The highest BCUT2D eigenvalue weighted by atomic mass is 19.3. The third-order valence-corrected chi connectivity index (χ3v) is 6.89. The Morgan fingerprint density at radius 2 is 2.02 bits per heavy atom. The highest BCUT2D eigenvalue weighted by molar-refractivity contribution is 6.04. The van der Waals surface area contributed by atoms with E-state index in [2.05, 4.69) is 22.4 Å². The van der Waals surface area contributed by atoms with E-state index in [0.717, 1.165) is 0 Å². The number of nitrogens with zero attached hydrogens (tertiary/aromatic N) is 1. The number of anilines is 1. The van der Waals surface area contributed by atoms with E-state index in [-0.39, 0.29) is 17.1 Å². The van der Waals surface area contributed by atoms with Crippen LogP contribution in [0.1, 0.15) is 29.8 Å². The van der Waals surface area contributed by atoms with Crippen LogP contribution in [0, 0.1) is 0 Å². The molecule has 2 aliphatic rings. The summed E-state index contributed by atoms with van der Waals surface area (Å²) in [7, 11) is 1.32. The molecule has 10 nitrogen and oxygen atoms in total. The first-order valence-electron chi connectivity index (χ1n) is 12.8. The van der Waals surface area contributed by atoms with Crippen molar-refractivity contribution in [2.45, 2.75) is 37.7 Å². The van der Waals surface area contributed by atoms with Gasteiger partial charge in [0.2, 0.25) is 0 Å². The average molecular weight is 585 g/mol. The zero-order valence-corrected chi connectivity index (χ0v) is 22.8. The Hall–Kier alpha value is -4.78. The highest BCUT2D eigenvalue weighted by Gasteiger charge is 2.51.